The largest absolute Gasteiger partial charge is 0.531 e. The van der Waals surface area contributed by atoms with Crippen LogP contribution in [0.5, 0.6) is 0 Å². The Kier molecular flexibility index (Phi) is 12.4. The Bertz CT molecular complexity index is 192. The van der Waals surface area contributed by atoms with Crippen LogP contribution in [-0.4, -0.2) is 47.6 Å². The van der Waals surface area contributed by atoms with Gasteiger partial charge in [0.05, 0.1) is 6.61 Å². The van der Waals surface area contributed by atoms with Gasteiger partial charge in [0, 0.05) is 26.4 Å². The lowest BCUT2D eigenvalue weighted by atomic mass is 10.5. The minimum Gasteiger partial charge on any atom is -0.374 e. The highest BCUT2D eigenvalue weighted by Gasteiger charge is 2.49. The molecule has 0 radical (unpaired) electrons. The molecule has 5 nitrogen and oxygen atoms in total. The normalized spacial score (nSPS) is 13.7. The van der Waals surface area contributed by atoms with Crippen LogP contribution in [0.3, 0.4) is 0 Å². The van der Waals surface area contributed by atoms with Crippen LogP contribution in [0.2, 0.25) is 0 Å². The molecule has 0 saturated heterocycles. The minimum atomic E-state index is -2.77. The van der Waals surface area contributed by atoms with E-state index in [2.05, 4.69) is 19.8 Å². The standard InChI is InChI=1S/C12H28O5SSi/c1-5-12(13-10-9-11-14-18)19(15-6-2,16-7-3)17-8-4/h12,18H,5-11H2,1-4H3. The summed E-state index contributed by atoms with van der Waals surface area (Å²) in [6, 6.07) is 0. The van der Waals surface area contributed by atoms with Gasteiger partial charge in [0.1, 0.15) is 5.73 Å². The van der Waals surface area contributed by atoms with E-state index in [1.807, 2.05) is 20.8 Å². The van der Waals surface area contributed by atoms with Gasteiger partial charge in [0.15, 0.2) is 0 Å². The molecule has 0 aromatic heterocycles. The summed E-state index contributed by atoms with van der Waals surface area (Å²) >= 11 is 3.70. The Hall–Kier alpha value is 0.367. The molecule has 0 N–H and O–H groups in total. The number of hydrogen-bond acceptors (Lipinski definition) is 6. The first-order chi connectivity index (χ1) is 9.20. The third kappa shape index (κ3) is 7.08. The molecule has 7 heteroatoms. The summed E-state index contributed by atoms with van der Waals surface area (Å²) in [5.74, 6) is 0. The fraction of sp³-hybridized carbons (Fsp3) is 1.00. The second kappa shape index (κ2) is 12.1. The zero-order chi connectivity index (χ0) is 14.6. The third-order valence-electron chi connectivity index (χ3n) is 2.50. The molecule has 0 rings (SSSR count). The lowest BCUT2D eigenvalue weighted by Crippen LogP contribution is -2.57. The molecule has 0 saturated carbocycles. The number of rotatable bonds is 13. The summed E-state index contributed by atoms with van der Waals surface area (Å²) in [7, 11) is -2.77. The molecular formula is C12H28O5SSi. The Morgan fingerprint density at radius 2 is 1.42 bits per heavy atom. The van der Waals surface area contributed by atoms with Crippen LogP contribution >= 0.6 is 12.9 Å². The molecule has 0 aliphatic heterocycles. The molecule has 0 amide bonds. The Morgan fingerprint density at radius 1 is 0.895 bits per heavy atom. The van der Waals surface area contributed by atoms with E-state index in [0.29, 0.717) is 33.0 Å². The fourth-order valence-electron chi connectivity index (χ4n) is 1.83. The SMILES string of the molecule is CCO[Si](OCC)(OCC)C(CC)OCCCOS. The molecule has 0 bridgehead atoms. The van der Waals surface area contributed by atoms with Crippen LogP contribution in [0.4, 0.5) is 0 Å². The second-order valence-electron chi connectivity index (χ2n) is 3.86. The van der Waals surface area contributed by atoms with E-state index in [1.165, 1.54) is 0 Å². The van der Waals surface area contributed by atoms with Gasteiger partial charge in [0.2, 0.25) is 0 Å². The molecule has 0 aliphatic rings. The van der Waals surface area contributed by atoms with Crippen molar-refractivity contribution in [2.45, 2.75) is 46.3 Å². The van der Waals surface area contributed by atoms with E-state index in [1.54, 1.807) is 0 Å². The Balaban J connectivity index is 4.62. The van der Waals surface area contributed by atoms with Crippen molar-refractivity contribution < 1.29 is 22.2 Å². The van der Waals surface area contributed by atoms with Gasteiger partial charge < -0.3 is 22.2 Å². The zero-order valence-corrected chi connectivity index (χ0v) is 14.4. The summed E-state index contributed by atoms with van der Waals surface area (Å²) in [5.41, 5.74) is -0.132. The zero-order valence-electron chi connectivity index (χ0n) is 12.5. The van der Waals surface area contributed by atoms with Crippen LogP contribution < -0.4 is 0 Å². The van der Waals surface area contributed by atoms with Crippen LogP contribution in [-0.2, 0) is 22.2 Å². The molecule has 116 valence electrons. The maximum atomic E-state index is 5.89. The lowest BCUT2D eigenvalue weighted by Gasteiger charge is -2.34. The van der Waals surface area contributed by atoms with Crippen molar-refractivity contribution in [3.63, 3.8) is 0 Å². The summed E-state index contributed by atoms with van der Waals surface area (Å²) in [5, 5.41) is 0. The summed E-state index contributed by atoms with van der Waals surface area (Å²) in [6.07, 6.45) is 1.59. The van der Waals surface area contributed by atoms with E-state index in [4.69, 9.17) is 22.2 Å². The minimum absolute atomic E-state index is 0.132. The highest BCUT2D eigenvalue weighted by molar-refractivity contribution is 7.75. The van der Waals surface area contributed by atoms with E-state index < -0.39 is 8.80 Å². The fourth-order valence-corrected chi connectivity index (χ4v) is 4.79. The van der Waals surface area contributed by atoms with Crippen LogP contribution in [0, 0.1) is 0 Å². The number of hydrogen-bond donors (Lipinski definition) is 1. The molecule has 1 unspecified atom stereocenters. The van der Waals surface area contributed by atoms with Gasteiger partial charge in [-0.2, -0.15) is 0 Å². The van der Waals surface area contributed by atoms with E-state index >= 15 is 0 Å². The average Bonchev–Trinajstić information content (AvgIpc) is 2.39. The predicted octanol–water partition coefficient (Wildman–Crippen LogP) is 2.62. The van der Waals surface area contributed by atoms with E-state index in [-0.39, 0.29) is 5.73 Å². The van der Waals surface area contributed by atoms with Crippen LogP contribution in [0.1, 0.15) is 40.5 Å². The third-order valence-corrected chi connectivity index (χ3v) is 6.12. The van der Waals surface area contributed by atoms with Crippen molar-refractivity contribution in [2.75, 3.05) is 33.0 Å². The van der Waals surface area contributed by atoms with Gasteiger partial charge in [0.25, 0.3) is 0 Å². The van der Waals surface area contributed by atoms with Crippen molar-refractivity contribution in [3.05, 3.63) is 0 Å². The van der Waals surface area contributed by atoms with Crippen LogP contribution in [0.15, 0.2) is 0 Å². The van der Waals surface area contributed by atoms with E-state index in [0.717, 1.165) is 12.8 Å². The van der Waals surface area contributed by atoms with Crippen molar-refractivity contribution in [1.82, 2.24) is 0 Å². The maximum Gasteiger partial charge on any atom is 0.531 e. The summed E-state index contributed by atoms with van der Waals surface area (Å²) in [4.78, 5) is 0. The molecule has 1 atom stereocenters. The number of ether oxygens (including phenoxy) is 1. The highest BCUT2D eigenvalue weighted by Crippen LogP contribution is 2.21. The molecule has 0 spiro atoms. The average molecular weight is 313 g/mol. The Morgan fingerprint density at radius 3 is 1.79 bits per heavy atom. The molecule has 0 aliphatic carbocycles. The van der Waals surface area contributed by atoms with Crippen molar-refractivity contribution in [3.8, 4) is 0 Å². The quantitative estimate of drug-likeness (QED) is 0.245. The maximum absolute atomic E-state index is 5.89. The molecule has 0 fully saturated rings. The molecule has 0 heterocycles. The highest BCUT2D eigenvalue weighted by atomic mass is 32.1. The van der Waals surface area contributed by atoms with Crippen molar-refractivity contribution in [2.24, 2.45) is 0 Å². The summed E-state index contributed by atoms with van der Waals surface area (Å²) < 4.78 is 28.1. The smallest absolute Gasteiger partial charge is 0.374 e. The van der Waals surface area contributed by atoms with Gasteiger partial charge in [-0.05, 0) is 46.5 Å². The molecule has 0 aromatic carbocycles. The van der Waals surface area contributed by atoms with Gasteiger partial charge in [-0.1, -0.05) is 6.92 Å². The van der Waals surface area contributed by atoms with Gasteiger partial charge in [-0.3, -0.25) is 0 Å². The predicted molar refractivity (Wildman–Crippen MR) is 80.2 cm³/mol. The summed E-state index contributed by atoms with van der Waals surface area (Å²) in [6.45, 7) is 10.7. The van der Waals surface area contributed by atoms with Gasteiger partial charge >= 0.3 is 8.80 Å². The van der Waals surface area contributed by atoms with Crippen molar-refractivity contribution in [1.29, 1.82) is 0 Å². The van der Waals surface area contributed by atoms with Crippen molar-refractivity contribution >= 4 is 21.7 Å². The lowest BCUT2D eigenvalue weighted by molar-refractivity contribution is -0.0132. The molecule has 19 heavy (non-hydrogen) atoms. The second-order valence-corrected chi connectivity index (χ2v) is 6.83. The molecular weight excluding hydrogens is 284 g/mol. The topological polar surface area (TPSA) is 46.2 Å². The molecule has 0 aromatic rings. The Labute approximate surface area is 123 Å². The number of thiol groups is 1. The first kappa shape index (κ1) is 19.4. The first-order valence-electron chi connectivity index (χ1n) is 7.00. The van der Waals surface area contributed by atoms with Gasteiger partial charge in [-0.15, -0.1) is 0 Å². The van der Waals surface area contributed by atoms with E-state index in [9.17, 15) is 0 Å². The first-order valence-corrected chi connectivity index (χ1v) is 9.17. The monoisotopic (exact) mass is 312 g/mol. The van der Waals surface area contributed by atoms with Gasteiger partial charge in [-0.25, -0.2) is 0 Å². The van der Waals surface area contributed by atoms with Crippen LogP contribution in [0.25, 0.3) is 0 Å².